The summed E-state index contributed by atoms with van der Waals surface area (Å²) in [5.74, 6) is 1.29. The molecule has 0 aliphatic carbocycles. The van der Waals surface area contributed by atoms with Gasteiger partial charge in [-0.2, -0.15) is 0 Å². The summed E-state index contributed by atoms with van der Waals surface area (Å²) in [6.07, 6.45) is -1.68. The van der Waals surface area contributed by atoms with Crippen LogP contribution in [0.5, 0.6) is 11.5 Å². The van der Waals surface area contributed by atoms with Crippen LogP contribution < -0.4 is 9.47 Å². The van der Waals surface area contributed by atoms with Gasteiger partial charge < -0.3 is 19.7 Å². The highest BCUT2D eigenvalue weighted by atomic mass is 16.7. The van der Waals surface area contributed by atoms with E-state index in [0.29, 0.717) is 17.1 Å². The van der Waals surface area contributed by atoms with Gasteiger partial charge in [-0.25, -0.2) is 0 Å². The zero-order valence-corrected chi connectivity index (χ0v) is 7.80. The van der Waals surface area contributed by atoms with Crippen molar-refractivity contribution in [3.05, 3.63) is 23.8 Å². The zero-order valence-electron chi connectivity index (χ0n) is 7.80. The summed E-state index contributed by atoms with van der Waals surface area (Å²) in [6.45, 7) is 1.75. The van der Waals surface area contributed by atoms with Gasteiger partial charge in [0.25, 0.3) is 0 Å². The molecule has 0 amide bonds. The van der Waals surface area contributed by atoms with Crippen LogP contribution in [0.15, 0.2) is 18.2 Å². The van der Waals surface area contributed by atoms with Crippen LogP contribution in [0.2, 0.25) is 0 Å². The molecule has 2 rings (SSSR count). The molecule has 1 aliphatic heterocycles. The molecule has 4 heteroatoms. The molecule has 1 aliphatic rings. The maximum atomic E-state index is 9.58. The molecule has 0 saturated heterocycles. The number of hydrogen-bond donors (Lipinski definition) is 2. The minimum atomic E-state index is -0.885. The quantitative estimate of drug-likeness (QED) is 0.735. The fourth-order valence-corrected chi connectivity index (χ4v) is 1.38. The summed E-state index contributed by atoms with van der Waals surface area (Å²) >= 11 is 0. The van der Waals surface area contributed by atoms with E-state index in [-0.39, 0.29) is 6.79 Å². The molecule has 14 heavy (non-hydrogen) atoms. The first kappa shape index (κ1) is 9.30. The van der Waals surface area contributed by atoms with Crippen molar-refractivity contribution in [1.29, 1.82) is 0 Å². The first-order chi connectivity index (χ1) is 6.68. The lowest BCUT2D eigenvalue weighted by molar-refractivity contribution is 0.0304. The molecular weight excluding hydrogens is 184 g/mol. The second-order valence-corrected chi connectivity index (χ2v) is 3.30. The maximum Gasteiger partial charge on any atom is 0.231 e. The van der Waals surface area contributed by atoms with Crippen LogP contribution >= 0.6 is 0 Å². The molecule has 0 radical (unpaired) electrons. The average Bonchev–Trinajstić information content (AvgIpc) is 2.62. The zero-order chi connectivity index (χ0) is 10.1. The highest BCUT2D eigenvalue weighted by Gasteiger charge is 2.18. The van der Waals surface area contributed by atoms with Gasteiger partial charge in [0.2, 0.25) is 6.79 Å². The lowest BCUT2D eigenvalue weighted by Gasteiger charge is -2.13. The van der Waals surface area contributed by atoms with Crippen LogP contribution in [-0.2, 0) is 0 Å². The van der Waals surface area contributed by atoms with Crippen molar-refractivity contribution in [2.75, 3.05) is 6.79 Å². The molecule has 0 unspecified atom stereocenters. The van der Waals surface area contributed by atoms with Gasteiger partial charge >= 0.3 is 0 Å². The summed E-state index contributed by atoms with van der Waals surface area (Å²) < 4.78 is 10.3. The van der Waals surface area contributed by atoms with Crippen LogP contribution in [0, 0.1) is 0 Å². The van der Waals surface area contributed by atoms with Crippen LogP contribution in [0.25, 0.3) is 0 Å². The van der Waals surface area contributed by atoms with Gasteiger partial charge in [0.05, 0.1) is 6.10 Å². The van der Waals surface area contributed by atoms with Gasteiger partial charge in [0, 0.05) is 0 Å². The molecular formula is C10H12O4. The lowest BCUT2D eigenvalue weighted by atomic mass is 10.1. The smallest absolute Gasteiger partial charge is 0.231 e. The van der Waals surface area contributed by atoms with E-state index in [0.717, 1.165) is 0 Å². The molecule has 2 N–H and O–H groups in total. The van der Waals surface area contributed by atoms with Crippen LogP contribution in [-0.4, -0.2) is 23.1 Å². The Morgan fingerprint density at radius 1 is 1.21 bits per heavy atom. The number of fused-ring (bicyclic) bond motifs is 1. The number of aliphatic hydroxyl groups is 2. The lowest BCUT2D eigenvalue weighted by Crippen LogP contribution is -2.13. The standard InChI is InChI=1S/C10H12O4/c1-6(11)10(12)7-2-3-8-9(4-7)14-5-13-8/h2-4,6,10-12H,5H2,1H3/t6-,10+/m0/s1. The maximum absolute atomic E-state index is 9.58. The Morgan fingerprint density at radius 2 is 1.93 bits per heavy atom. The number of hydrogen-bond acceptors (Lipinski definition) is 4. The van der Waals surface area contributed by atoms with Crippen LogP contribution in [0.3, 0.4) is 0 Å². The topological polar surface area (TPSA) is 58.9 Å². The fraction of sp³-hybridized carbons (Fsp3) is 0.400. The predicted molar refractivity (Wildman–Crippen MR) is 49.2 cm³/mol. The van der Waals surface area contributed by atoms with Crippen molar-refractivity contribution in [3.63, 3.8) is 0 Å². The molecule has 0 fully saturated rings. The van der Waals surface area contributed by atoms with Crippen LogP contribution in [0.1, 0.15) is 18.6 Å². The number of ether oxygens (including phenoxy) is 2. The molecule has 4 nitrogen and oxygen atoms in total. The Bertz CT molecular complexity index is 335. The first-order valence-electron chi connectivity index (χ1n) is 4.44. The van der Waals surface area contributed by atoms with Gasteiger partial charge in [-0.05, 0) is 24.6 Å². The molecule has 76 valence electrons. The Balaban J connectivity index is 2.28. The third-order valence-corrected chi connectivity index (χ3v) is 2.20. The first-order valence-corrected chi connectivity index (χ1v) is 4.44. The minimum absolute atomic E-state index is 0.212. The predicted octanol–water partition coefficient (Wildman–Crippen LogP) is 0.829. The van der Waals surface area contributed by atoms with Gasteiger partial charge in [0.15, 0.2) is 11.5 Å². The van der Waals surface area contributed by atoms with E-state index in [1.165, 1.54) is 6.92 Å². The van der Waals surface area contributed by atoms with E-state index in [2.05, 4.69) is 0 Å². The van der Waals surface area contributed by atoms with E-state index < -0.39 is 12.2 Å². The molecule has 2 atom stereocenters. The Labute approximate surface area is 81.7 Å². The summed E-state index contributed by atoms with van der Waals surface area (Å²) in [7, 11) is 0. The van der Waals surface area contributed by atoms with E-state index in [9.17, 15) is 10.2 Å². The number of rotatable bonds is 2. The van der Waals surface area contributed by atoms with Crippen molar-refractivity contribution < 1.29 is 19.7 Å². The Kier molecular flexibility index (Phi) is 2.31. The second kappa shape index (κ2) is 3.48. The minimum Gasteiger partial charge on any atom is -0.454 e. The van der Waals surface area contributed by atoms with Gasteiger partial charge in [-0.1, -0.05) is 6.07 Å². The molecule has 1 aromatic rings. The Hall–Kier alpha value is -1.26. The van der Waals surface area contributed by atoms with Crippen molar-refractivity contribution in [2.45, 2.75) is 19.1 Å². The summed E-state index contributed by atoms with van der Waals surface area (Å²) in [4.78, 5) is 0. The van der Waals surface area contributed by atoms with E-state index in [1.807, 2.05) is 0 Å². The van der Waals surface area contributed by atoms with Crippen molar-refractivity contribution >= 4 is 0 Å². The largest absolute Gasteiger partial charge is 0.454 e. The van der Waals surface area contributed by atoms with Gasteiger partial charge in [0.1, 0.15) is 6.10 Å². The second-order valence-electron chi connectivity index (χ2n) is 3.30. The summed E-state index contributed by atoms with van der Waals surface area (Å²) in [6, 6.07) is 5.12. The van der Waals surface area contributed by atoms with Gasteiger partial charge in [-0.15, -0.1) is 0 Å². The number of benzene rings is 1. The van der Waals surface area contributed by atoms with Crippen molar-refractivity contribution in [2.24, 2.45) is 0 Å². The van der Waals surface area contributed by atoms with E-state index >= 15 is 0 Å². The SMILES string of the molecule is C[C@H](O)[C@@H](O)c1ccc2c(c1)OCO2. The van der Waals surface area contributed by atoms with Crippen LogP contribution in [0.4, 0.5) is 0 Å². The van der Waals surface area contributed by atoms with Crippen molar-refractivity contribution in [1.82, 2.24) is 0 Å². The van der Waals surface area contributed by atoms with Crippen molar-refractivity contribution in [3.8, 4) is 11.5 Å². The average molecular weight is 196 g/mol. The Morgan fingerprint density at radius 3 is 2.64 bits per heavy atom. The highest BCUT2D eigenvalue weighted by molar-refractivity contribution is 5.45. The fourth-order valence-electron chi connectivity index (χ4n) is 1.38. The van der Waals surface area contributed by atoms with E-state index in [1.54, 1.807) is 18.2 Å². The molecule has 1 aromatic carbocycles. The highest BCUT2D eigenvalue weighted by Crippen LogP contribution is 2.34. The molecule has 0 spiro atoms. The van der Waals surface area contributed by atoms with E-state index in [4.69, 9.17) is 9.47 Å². The monoisotopic (exact) mass is 196 g/mol. The molecule has 0 bridgehead atoms. The van der Waals surface area contributed by atoms with Gasteiger partial charge in [-0.3, -0.25) is 0 Å². The summed E-state index contributed by atoms with van der Waals surface area (Å²) in [5.41, 5.74) is 0.629. The third-order valence-electron chi connectivity index (χ3n) is 2.20. The summed E-state index contributed by atoms with van der Waals surface area (Å²) in [5, 5.41) is 18.8. The molecule has 0 saturated carbocycles. The molecule has 1 heterocycles. The molecule has 0 aromatic heterocycles. The number of aliphatic hydroxyl groups excluding tert-OH is 2. The normalized spacial score (nSPS) is 17.9. The third kappa shape index (κ3) is 1.54.